The average molecular weight is 482 g/mol. The molecule has 3 aromatic rings. The molecule has 164 valence electrons. The Balaban J connectivity index is 1.69. The van der Waals surface area contributed by atoms with Gasteiger partial charge in [-0.2, -0.15) is 0 Å². The normalized spacial score (nSPS) is 11.6. The number of halogens is 2. The molecule has 0 fully saturated rings. The first-order valence-corrected chi connectivity index (χ1v) is 11.9. The lowest BCUT2D eigenvalue weighted by Crippen LogP contribution is -2.37. The summed E-state index contributed by atoms with van der Waals surface area (Å²) >= 11 is 12.0. The van der Waals surface area contributed by atoms with Crippen LogP contribution < -0.4 is 0 Å². The highest BCUT2D eigenvalue weighted by atomic mass is 35.5. The first-order valence-electron chi connectivity index (χ1n) is 9.52. The molecule has 1 aromatic heterocycles. The van der Waals surface area contributed by atoms with Gasteiger partial charge in [0.15, 0.2) is 9.84 Å². The Kier molecular flexibility index (Phi) is 7.35. The van der Waals surface area contributed by atoms with E-state index < -0.39 is 9.84 Å². The predicted molar refractivity (Wildman–Crippen MR) is 119 cm³/mol. The van der Waals surface area contributed by atoms with E-state index in [0.717, 1.165) is 0 Å². The van der Waals surface area contributed by atoms with E-state index in [-0.39, 0.29) is 47.3 Å². The van der Waals surface area contributed by atoms with Gasteiger partial charge in [-0.3, -0.25) is 4.79 Å². The van der Waals surface area contributed by atoms with Gasteiger partial charge in [-0.05, 0) is 50.2 Å². The molecular formula is C21H21Cl2N3O4S. The van der Waals surface area contributed by atoms with Gasteiger partial charge in [-0.15, -0.1) is 10.2 Å². The van der Waals surface area contributed by atoms with Crippen molar-refractivity contribution in [3.8, 4) is 11.5 Å². The highest BCUT2D eigenvalue weighted by Gasteiger charge is 2.24. The van der Waals surface area contributed by atoms with Crippen molar-refractivity contribution in [1.82, 2.24) is 15.1 Å². The van der Waals surface area contributed by atoms with E-state index >= 15 is 0 Å². The number of carbonyl (C=O) groups is 1. The maximum atomic E-state index is 12.8. The fraction of sp³-hybridized carbons (Fsp3) is 0.286. The Hall–Kier alpha value is -2.42. The summed E-state index contributed by atoms with van der Waals surface area (Å²) in [6.07, 6.45) is -0.172. The molecule has 0 unspecified atom stereocenters. The Bertz CT molecular complexity index is 1160. The van der Waals surface area contributed by atoms with Crippen LogP contribution in [0, 0.1) is 0 Å². The first kappa shape index (κ1) is 23.2. The van der Waals surface area contributed by atoms with E-state index in [1.165, 1.54) is 29.2 Å². The van der Waals surface area contributed by atoms with Crippen LogP contribution in [0.4, 0.5) is 0 Å². The second-order valence-corrected chi connectivity index (χ2v) is 10.1. The van der Waals surface area contributed by atoms with Gasteiger partial charge in [-0.25, -0.2) is 8.42 Å². The maximum Gasteiger partial charge on any atom is 0.249 e. The van der Waals surface area contributed by atoms with Crippen LogP contribution in [0.2, 0.25) is 10.0 Å². The van der Waals surface area contributed by atoms with Crippen molar-refractivity contribution < 1.29 is 17.6 Å². The van der Waals surface area contributed by atoms with E-state index in [2.05, 4.69) is 10.2 Å². The molecule has 0 aliphatic carbocycles. The number of sulfone groups is 1. The summed E-state index contributed by atoms with van der Waals surface area (Å²) in [6.45, 7) is 3.73. The number of benzene rings is 2. The fourth-order valence-electron chi connectivity index (χ4n) is 2.89. The Morgan fingerprint density at radius 2 is 1.74 bits per heavy atom. The van der Waals surface area contributed by atoms with Gasteiger partial charge in [0.2, 0.25) is 17.7 Å². The number of nitrogens with zero attached hydrogens (tertiary/aromatic N) is 3. The smallest absolute Gasteiger partial charge is 0.249 e. The van der Waals surface area contributed by atoms with Crippen LogP contribution in [0.5, 0.6) is 0 Å². The van der Waals surface area contributed by atoms with Crippen LogP contribution in [0.25, 0.3) is 11.5 Å². The van der Waals surface area contributed by atoms with Gasteiger partial charge in [0, 0.05) is 17.5 Å². The third-order valence-electron chi connectivity index (χ3n) is 4.58. The molecule has 0 saturated carbocycles. The van der Waals surface area contributed by atoms with E-state index in [1.807, 2.05) is 13.8 Å². The third-order valence-corrected chi connectivity index (χ3v) is 6.89. The molecule has 2 aromatic carbocycles. The molecule has 0 aliphatic heterocycles. The summed E-state index contributed by atoms with van der Waals surface area (Å²) in [6, 6.07) is 12.7. The van der Waals surface area contributed by atoms with E-state index in [1.54, 1.807) is 24.3 Å². The third kappa shape index (κ3) is 5.84. The highest BCUT2D eigenvalue weighted by molar-refractivity contribution is 7.91. The second kappa shape index (κ2) is 9.80. The Morgan fingerprint density at radius 1 is 1.06 bits per heavy atom. The summed E-state index contributed by atoms with van der Waals surface area (Å²) in [5, 5.41) is 8.92. The molecule has 0 spiro atoms. The molecule has 31 heavy (non-hydrogen) atoms. The topological polar surface area (TPSA) is 93.4 Å². The van der Waals surface area contributed by atoms with Gasteiger partial charge >= 0.3 is 0 Å². The van der Waals surface area contributed by atoms with Crippen molar-refractivity contribution in [3.05, 3.63) is 64.5 Å². The molecule has 7 nitrogen and oxygen atoms in total. The predicted octanol–water partition coefficient (Wildman–Crippen LogP) is 4.64. The lowest BCUT2D eigenvalue weighted by atomic mass is 10.2. The summed E-state index contributed by atoms with van der Waals surface area (Å²) in [4.78, 5) is 14.4. The van der Waals surface area contributed by atoms with Crippen molar-refractivity contribution in [1.29, 1.82) is 0 Å². The standard InChI is InChI=1S/C21H21Cl2N3O4S/c1-14(2)26(13-19-24-25-21(30-19)17-5-3-4-6-18(17)23)20(27)11-12-31(28,29)16-9-7-15(22)8-10-16/h3-10,14H,11-13H2,1-2H3. The zero-order valence-corrected chi connectivity index (χ0v) is 19.3. The van der Waals surface area contributed by atoms with Gasteiger partial charge in [0.05, 0.1) is 27.8 Å². The SMILES string of the molecule is CC(C)N(Cc1nnc(-c2ccccc2Cl)o1)C(=O)CCS(=O)(=O)c1ccc(Cl)cc1. The summed E-state index contributed by atoms with van der Waals surface area (Å²) in [7, 11) is -3.61. The van der Waals surface area contributed by atoms with Crippen LogP contribution in [0.15, 0.2) is 57.8 Å². The molecule has 1 heterocycles. The molecule has 0 atom stereocenters. The summed E-state index contributed by atoms with van der Waals surface area (Å²) in [5.41, 5.74) is 0.597. The quantitative estimate of drug-likeness (QED) is 0.464. The van der Waals surface area contributed by atoms with Crippen LogP contribution in [0.3, 0.4) is 0 Å². The van der Waals surface area contributed by atoms with Crippen LogP contribution in [0.1, 0.15) is 26.2 Å². The van der Waals surface area contributed by atoms with Crippen LogP contribution in [-0.2, 0) is 21.2 Å². The lowest BCUT2D eigenvalue weighted by Gasteiger charge is -2.25. The monoisotopic (exact) mass is 481 g/mol. The number of aromatic nitrogens is 2. The van der Waals surface area contributed by atoms with Crippen molar-refractivity contribution in [2.75, 3.05) is 5.75 Å². The number of rotatable bonds is 8. The van der Waals surface area contributed by atoms with Crippen LogP contribution in [-0.4, -0.2) is 41.2 Å². The minimum absolute atomic E-state index is 0.0644. The largest absolute Gasteiger partial charge is 0.419 e. The van der Waals surface area contributed by atoms with Gasteiger partial charge < -0.3 is 9.32 Å². The number of hydrogen-bond donors (Lipinski definition) is 0. The first-order chi connectivity index (χ1) is 14.7. The minimum Gasteiger partial charge on any atom is -0.419 e. The maximum absolute atomic E-state index is 12.8. The second-order valence-electron chi connectivity index (χ2n) is 7.12. The number of hydrogen-bond acceptors (Lipinski definition) is 6. The molecule has 0 N–H and O–H groups in total. The highest BCUT2D eigenvalue weighted by Crippen LogP contribution is 2.26. The summed E-state index contributed by atoms with van der Waals surface area (Å²) in [5.74, 6) is -0.157. The molecule has 10 heteroatoms. The minimum atomic E-state index is -3.61. The average Bonchev–Trinajstić information content (AvgIpc) is 3.19. The number of amides is 1. The Morgan fingerprint density at radius 3 is 2.39 bits per heavy atom. The van der Waals surface area contributed by atoms with Gasteiger partial charge in [0.1, 0.15) is 0 Å². The molecule has 0 bridgehead atoms. The van der Waals surface area contributed by atoms with E-state index in [4.69, 9.17) is 27.6 Å². The zero-order valence-electron chi connectivity index (χ0n) is 17.0. The number of carbonyl (C=O) groups excluding carboxylic acids is 1. The molecule has 0 aliphatic rings. The molecular weight excluding hydrogens is 461 g/mol. The van der Waals surface area contributed by atoms with Crippen molar-refractivity contribution >= 4 is 38.9 Å². The van der Waals surface area contributed by atoms with Gasteiger partial charge in [-0.1, -0.05) is 35.3 Å². The molecule has 0 saturated heterocycles. The zero-order chi connectivity index (χ0) is 22.6. The van der Waals surface area contributed by atoms with Crippen molar-refractivity contribution in [3.63, 3.8) is 0 Å². The van der Waals surface area contributed by atoms with Crippen LogP contribution >= 0.6 is 23.2 Å². The summed E-state index contributed by atoms with van der Waals surface area (Å²) < 4.78 is 30.7. The van der Waals surface area contributed by atoms with Crippen molar-refractivity contribution in [2.24, 2.45) is 0 Å². The molecule has 3 rings (SSSR count). The fourth-order valence-corrected chi connectivity index (χ4v) is 4.46. The van der Waals surface area contributed by atoms with Gasteiger partial charge in [0.25, 0.3) is 0 Å². The Labute approximate surface area is 190 Å². The van der Waals surface area contributed by atoms with E-state index in [9.17, 15) is 13.2 Å². The lowest BCUT2D eigenvalue weighted by molar-refractivity contribution is -0.133. The molecule has 0 radical (unpaired) electrons. The van der Waals surface area contributed by atoms with E-state index in [0.29, 0.717) is 15.6 Å². The molecule has 1 amide bonds. The van der Waals surface area contributed by atoms with Crippen molar-refractivity contribution in [2.45, 2.75) is 37.8 Å².